The number of carbonyl (C=O) groups is 1. The highest BCUT2D eigenvalue weighted by Gasteiger charge is 2.36. The monoisotopic (exact) mass is 333 g/mol. The minimum Gasteiger partial charge on any atom is -0.388 e. The average molecular weight is 335 g/mol. The Balaban J connectivity index is 2.93. The van der Waals surface area contributed by atoms with E-state index in [-0.39, 0.29) is 5.91 Å². The summed E-state index contributed by atoms with van der Waals surface area (Å²) < 4.78 is 0.738. The van der Waals surface area contributed by atoms with Gasteiger partial charge < -0.3 is 10.4 Å². The number of hydrogen-bond donors (Lipinski definition) is 2. The zero-order chi connectivity index (χ0) is 14.1. The maximum Gasteiger partial charge on any atom is 0.251 e. The van der Waals surface area contributed by atoms with Crippen LogP contribution >= 0.6 is 27.5 Å². The summed E-state index contributed by atoms with van der Waals surface area (Å²) in [4.78, 5) is 12.1. The second kappa shape index (κ2) is 5.19. The number of rotatable bonds is 3. The number of hydrogen-bond acceptors (Lipinski definition) is 2. The maximum absolute atomic E-state index is 12.1. The van der Waals surface area contributed by atoms with Crippen molar-refractivity contribution in [1.82, 2.24) is 5.32 Å². The molecule has 0 spiro atoms. The predicted octanol–water partition coefficient (Wildman–Crippen LogP) is 3.38. The Morgan fingerprint density at radius 3 is 2.33 bits per heavy atom. The molecule has 1 rings (SSSR count). The molecule has 0 aliphatic rings. The highest BCUT2D eigenvalue weighted by atomic mass is 79.9. The Bertz CT molecular complexity index is 467. The molecule has 1 aromatic carbocycles. The molecule has 0 unspecified atom stereocenters. The van der Waals surface area contributed by atoms with E-state index in [1.807, 2.05) is 0 Å². The molecule has 0 fully saturated rings. The van der Waals surface area contributed by atoms with Gasteiger partial charge in [-0.3, -0.25) is 4.79 Å². The van der Waals surface area contributed by atoms with Crippen LogP contribution in [-0.2, 0) is 0 Å². The third-order valence-corrected chi connectivity index (χ3v) is 4.37. The third kappa shape index (κ3) is 3.46. The van der Waals surface area contributed by atoms with Crippen molar-refractivity contribution in [3.05, 3.63) is 33.3 Å². The van der Waals surface area contributed by atoms with Gasteiger partial charge in [-0.1, -0.05) is 11.6 Å². The highest BCUT2D eigenvalue weighted by Crippen LogP contribution is 2.25. The lowest BCUT2D eigenvalue weighted by Crippen LogP contribution is -2.57. The zero-order valence-electron chi connectivity index (χ0n) is 10.8. The topological polar surface area (TPSA) is 49.3 Å². The lowest BCUT2D eigenvalue weighted by Gasteiger charge is -2.38. The molecule has 0 saturated carbocycles. The lowest BCUT2D eigenvalue weighted by atomic mass is 9.86. The zero-order valence-corrected chi connectivity index (χ0v) is 13.2. The van der Waals surface area contributed by atoms with Crippen molar-refractivity contribution in [2.45, 2.75) is 38.8 Å². The molecule has 0 heterocycles. The van der Waals surface area contributed by atoms with Crippen molar-refractivity contribution < 1.29 is 9.90 Å². The van der Waals surface area contributed by atoms with Crippen molar-refractivity contribution in [2.24, 2.45) is 0 Å². The molecule has 0 aromatic heterocycles. The highest BCUT2D eigenvalue weighted by molar-refractivity contribution is 9.10. The molecule has 3 nitrogen and oxygen atoms in total. The van der Waals surface area contributed by atoms with E-state index < -0.39 is 11.1 Å². The van der Waals surface area contributed by atoms with E-state index in [2.05, 4.69) is 21.2 Å². The van der Waals surface area contributed by atoms with Crippen molar-refractivity contribution in [1.29, 1.82) is 0 Å². The minimum absolute atomic E-state index is 0.267. The quantitative estimate of drug-likeness (QED) is 0.890. The van der Waals surface area contributed by atoms with E-state index in [9.17, 15) is 9.90 Å². The first kappa shape index (κ1) is 15.5. The Morgan fingerprint density at radius 2 is 1.89 bits per heavy atom. The van der Waals surface area contributed by atoms with E-state index in [0.717, 1.165) is 4.47 Å². The summed E-state index contributed by atoms with van der Waals surface area (Å²) in [7, 11) is 0. The first-order chi connectivity index (χ1) is 8.04. The van der Waals surface area contributed by atoms with Gasteiger partial charge in [0.05, 0.1) is 16.2 Å². The van der Waals surface area contributed by atoms with Gasteiger partial charge in [-0.2, -0.15) is 0 Å². The molecule has 18 heavy (non-hydrogen) atoms. The Morgan fingerprint density at radius 1 is 1.33 bits per heavy atom. The summed E-state index contributed by atoms with van der Waals surface area (Å²) >= 11 is 9.21. The summed E-state index contributed by atoms with van der Waals surface area (Å²) in [5.41, 5.74) is -1.31. The van der Waals surface area contributed by atoms with Crippen LogP contribution in [-0.4, -0.2) is 22.2 Å². The number of carbonyl (C=O) groups excluding carboxylic acids is 1. The van der Waals surface area contributed by atoms with Crippen LogP contribution in [0.3, 0.4) is 0 Å². The molecule has 1 amide bonds. The Labute approximate surface area is 121 Å². The van der Waals surface area contributed by atoms with E-state index in [1.165, 1.54) is 0 Å². The van der Waals surface area contributed by atoms with Crippen LogP contribution in [0.2, 0.25) is 5.02 Å². The summed E-state index contributed by atoms with van der Waals surface area (Å²) in [6, 6.07) is 4.97. The van der Waals surface area contributed by atoms with Gasteiger partial charge in [-0.15, -0.1) is 0 Å². The predicted molar refractivity (Wildman–Crippen MR) is 77.0 cm³/mol. The van der Waals surface area contributed by atoms with Crippen LogP contribution in [0.5, 0.6) is 0 Å². The Kier molecular flexibility index (Phi) is 4.47. The van der Waals surface area contributed by atoms with Crippen molar-refractivity contribution in [3.63, 3.8) is 0 Å². The molecular formula is C13H17BrClNO2. The number of nitrogens with one attached hydrogen (secondary N) is 1. The van der Waals surface area contributed by atoms with Gasteiger partial charge in [0, 0.05) is 10.0 Å². The van der Waals surface area contributed by atoms with Crippen LogP contribution in [0.15, 0.2) is 22.7 Å². The van der Waals surface area contributed by atoms with E-state index >= 15 is 0 Å². The molecule has 0 bridgehead atoms. The molecule has 1 aromatic rings. The van der Waals surface area contributed by atoms with Crippen LogP contribution in [0.4, 0.5) is 0 Å². The lowest BCUT2D eigenvalue weighted by molar-refractivity contribution is -0.00292. The third-order valence-electron chi connectivity index (χ3n) is 3.14. The Hall–Kier alpha value is -0.580. The molecule has 0 atom stereocenters. The molecule has 0 aliphatic heterocycles. The molecule has 2 N–H and O–H groups in total. The van der Waals surface area contributed by atoms with Gasteiger partial charge in [0.2, 0.25) is 0 Å². The van der Waals surface area contributed by atoms with Crippen LogP contribution in [0.25, 0.3) is 0 Å². The smallest absolute Gasteiger partial charge is 0.251 e. The largest absolute Gasteiger partial charge is 0.388 e. The van der Waals surface area contributed by atoms with Gasteiger partial charge in [0.15, 0.2) is 0 Å². The second-order valence-corrected chi connectivity index (χ2v) is 6.53. The number of halogens is 2. The summed E-state index contributed by atoms with van der Waals surface area (Å²) in [5, 5.41) is 13.3. The SMILES string of the molecule is CC(C)(O)C(C)(C)NC(=O)c1ccc(Br)c(Cl)c1. The van der Waals surface area contributed by atoms with Gasteiger partial charge in [-0.25, -0.2) is 0 Å². The fourth-order valence-corrected chi connectivity index (χ4v) is 1.57. The van der Waals surface area contributed by atoms with E-state index in [0.29, 0.717) is 10.6 Å². The first-order valence-electron chi connectivity index (χ1n) is 5.54. The number of aliphatic hydroxyl groups is 1. The van der Waals surface area contributed by atoms with Gasteiger partial charge >= 0.3 is 0 Å². The van der Waals surface area contributed by atoms with Crippen LogP contribution in [0, 0.1) is 0 Å². The van der Waals surface area contributed by atoms with E-state index in [4.69, 9.17) is 11.6 Å². The summed E-state index contributed by atoms with van der Waals surface area (Å²) in [6.07, 6.45) is 0. The molecule has 100 valence electrons. The number of benzene rings is 1. The number of amides is 1. The maximum atomic E-state index is 12.1. The molecule has 0 saturated heterocycles. The fraction of sp³-hybridized carbons (Fsp3) is 0.462. The van der Waals surface area contributed by atoms with Crippen LogP contribution in [0.1, 0.15) is 38.1 Å². The molecule has 0 aliphatic carbocycles. The van der Waals surface area contributed by atoms with E-state index in [1.54, 1.807) is 45.9 Å². The molecule has 5 heteroatoms. The molecule has 0 radical (unpaired) electrons. The fourth-order valence-electron chi connectivity index (χ4n) is 1.15. The average Bonchev–Trinajstić information content (AvgIpc) is 2.19. The van der Waals surface area contributed by atoms with Crippen LogP contribution < -0.4 is 5.32 Å². The minimum atomic E-state index is -1.03. The van der Waals surface area contributed by atoms with Crippen molar-refractivity contribution in [3.8, 4) is 0 Å². The van der Waals surface area contributed by atoms with Crippen molar-refractivity contribution >= 4 is 33.4 Å². The molecular weight excluding hydrogens is 318 g/mol. The van der Waals surface area contributed by atoms with Gasteiger partial charge in [0.1, 0.15) is 0 Å². The van der Waals surface area contributed by atoms with Gasteiger partial charge in [0.25, 0.3) is 5.91 Å². The summed E-state index contributed by atoms with van der Waals surface area (Å²) in [5.74, 6) is -0.267. The normalized spacial score (nSPS) is 12.4. The van der Waals surface area contributed by atoms with Crippen molar-refractivity contribution in [2.75, 3.05) is 0 Å². The standard InChI is InChI=1S/C13H17BrClNO2/c1-12(2,13(3,4)18)16-11(17)8-5-6-9(14)10(15)7-8/h5-7,18H,1-4H3,(H,16,17). The first-order valence-corrected chi connectivity index (χ1v) is 6.71. The second-order valence-electron chi connectivity index (χ2n) is 5.27. The summed E-state index contributed by atoms with van der Waals surface area (Å²) in [6.45, 7) is 6.85. The van der Waals surface area contributed by atoms with Gasteiger partial charge in [-0.05, 0) is 61.8 Å².